The molecule has 0 N–H and O–H groups in total. The minimum absolute atomic E-state index is 0.00201. The van der Waals surface area contributed by atoms with Gasteiger partial charge in [0.25, 0.3) is 5.78 Å². The Kier molecular flexibility index (Phi) is 10.1. The summed E-state index contributed by atoms with van der Waals surface area (Å²) in [4.78, 5) is 36.5. The van der Waals surface area contributed by atoms with Crippen LogP contribution in [0.3, 0.4) is 0 Å². The molecule has 0 unspecified atom stereocenters. The first-order valence-electron chi connectivity index (χ1n) is 7.84. The number of carbonyl (C=O) groups excluding carboxylic acids is 3. The van der Waals surface area contributed by atoms with Gasteiger partial charge in [-0.2, -0.15) is 0 Å². The number of hydrogen-bond donors (Lipinski definition) is 0. The molecule has 1 aromatic carbocycles. The molecule has 0 aliphatic carbocycles. The number of Topliss-reactive ketones (excluding diaryl/α,β-unsaturated/α-hetero) is 1. The molecule has 2 rings (SSSR count). The van der Waals surface area contributed by atoms with Crippen LogP contribution in [0.25, 0.3) is 10.9 Å². The van der Waals surface area contributed by atoms with Crippen molar-refractivity contribution in [1.29, 1.82) is 0 Å². The molecule has 0 atom stereocenters. The number of esters is 2. The van der Waals surface area contributed by atoms with E-state index in [1.807, 2.05) is 0 Å². The Morgan fingerprint density at radius 2 is 1.57 bits per heavy atom. The second-order valence-electron chi connectivity index (χ2n) is 5.14. The monoisotopic (exact) mass is 525 g/mol. The number of carbonyl (C=O) groups is 3. The summed E-state index contributed by atoms with van der Waals surface area (Å²) in [5, 5.41) is 0.890. The fourth-order valence-electron chi connectivity index (χ4n) is 2.38. The van der Waals surface area contributed by atoms with Gasteiger partial charge in [0.2, 0.25) is 0 Å². The maximum atomic E-state index is 12.4. The standard InChI is InChI=1S/C16H16ClNO5.4ClH.Ti/c1-4-22-15(20)13-12(14(19)16(21)23-5-2)10-7-6-9(17)8-11(10)18(13)3;;;;;/h6-8H,4-5H2,1-3H3;4*1H;/q;;;;;+4/p-4. The number of benzene rings is 1. The molecule has 0 saturated carbocycles. The third-order valence-electron chi connectivity index (χ3n) is 3.32. The van der Waals surface area contributed by atoms with Gasteiger partial charge in [-0.25, -0.2) is 9.59 Å². The average Bonchev–Trinajstić information content (AvgIpc) is 2.85. The zero-order valence-corrected chi connectivity index (χ0v) is 20.4. The average molecular weight is 527 g/mol. The molecule has 12 heteroatoms. The van der Waals surface area contributed by atoms with Crippen LogP contribution in [0.2, 0.25) is 5.02 Å². The molecule has 0 fully saturated rings. The van der Waals surface area contributed by atoms with Crippen LogP contribution in [-0.2, 0) is 33.7 Å². The number of ketones is 1. The van der Waals surface area contributed by atoms with Gasteiger partial charge in [0.15, 0.2) is 0 Å². The second-order valence-corrected chi connectivity index (χ2v) is 21.1. The topological polar surface area (TPSA) is 74.6 Å². The van der Waals surface area contributed by atoms with E-state index in [1.165, 1.54) is 4.57 Å². The second kappa shape index (κ2) is 11.1. The van der Waals surface area contributed by atoms with Crippen molar-refractivity contribution >= 4 is 77.4 Å². The van der Waals surface area contributed by atoms with Crippen LogP contribution in [0.15, 0.2) is 18.2 Å². The van der Waals surface area contributed by atoms with Gasteiger partial charge in [0.05, 0.1) is 24.3 Å². The Morgan fingerprint density at radius 3 is 2.07 bits per heavy atom. The Balaban J connectivity index is 0.000000696. The minimum atomic E-state index is -3.11. The predicted molar refractivity (Wildman–Crippen MR) is 108 cm³/mol. The molecule has 2 aromatic rings. The van der Waals surface area contributed by atoms with Gasteiger partial charge >= 0.3 is 61.5 Å². The van der Waals surface area contributed by atoms with Crippen molar-refractivity contribution in [1.82, 2.24) is 4.57 Å². The zero-order chi connectivity index (χ0) is 21.6. The molecule has 28 heavy (non-hydrogen) atoms. The van der Waals surface area contributed by atoms with E-state index in [1.54, 1.807) is 39.1 Å². The number of fused-ring (bicyclic) bond motifs is 1. The van der Waals surface area contributed by atoms with Gasteiger partial charge in [-0.3, -0.25) is 4.79 Å². The number of hydrogen-bond acceptors (Lipinski definition) is 5. The molecule has 0 radical (unpaired) electrons. The molecule has 154 valence electrons. The number of nitrogens with zero attached hydrogens (tertiary/aromatic N) is 1. The summed E-state index contributed by atoms with van der Waals surface area (Å²) in [6.45, 7) is 3.47. The van der Waals surface area contributed by atoms with Gasteiger partial charge in [-0.1, -0.05) is 17.7 Å². The van der Waals surface area contributed by atoms with Crippen LogP contribution in [0.4, 0.5) is 0 Å². The molecule has 1 aromatic heterocycles. The molecule has 1 heterocycles. The van der Waals surface area contributed by atoms with Crippen molar-refractivity contribution < 1.29 is 36.2 Å². The molecule has 0 aliphatic heterocycles. The van der Waals surface area contributed by atoms with Gasteiger partial charge < -0.3 is 14.0 Å². The van der Waals surface area contributed by atoms with Crippen LogP contribution in [-0.4, -0.2) is 35.5 Å². The molecular formula is C16H16Cl5NO5Ti. The number of aryl methyl sites for hydroxylation is 1. The van der Waals surface area contributed by atoms with Crippen molar-refractivity contribution in [2.45, 2.75) is 13.8 Å². The van der Waals surface area contributed by atoms with E-state index >= 15 is 0 Å². The Hall–Kier alpha value is -0.466. The van der Waals surface area contributed by atoms with Crippen LogP contribution in [0.1, 0.15) is 34.7 Å². The van der Waals surface area contributed by atoms with E-state index in [2.05, 4.69) is 0 Å². The molecule has 0 amide bonds. The van der Waals surface area contributed by atoms with E-state index < -0.39 is 30.1 Å². The first kappa shape index (κ1) is 25.6. The molecular weight excluding hydrogens is 511 g/mol. The summed E-state index contributed by atoms with van der Waals surface area (Å²) < 4.78 is 11.3. The summed E-state index contributed by atoms with van der Waals surface area (Å²) in [7, 11) is 21.7. The van der Waals surface area contributed by atoms with Crippen molar-refractivity contribution in [3.8, 4) is 0 Å². The summed E-state index contributed by atoms with van der Waals surface area (Å²) >= 11 is 2.87. The fourth-order valence-corrected chi connectivity index (χ4v) is 2.54. The first-order valence-corrected chi connectivity index (χ1v) is 16.8. The quantitative estimate of drug-likeness (QED) is 0.222. The van der Waals surface area contributed by atoms with Crippen LogP contribution < -0.4 is 0 Å². The van der Waals surface area contributed by atoms with Gasteiger partial charge in [-0.15, -0.1) is 0 Å². The Labute approximate surface area is 185 Å². The van der Waals surface area contributed by atoms with Gasteiger partial charge in [-0.05, 0) is 26.0 Å². The van der Waals surface area contributed by atoms with E-state index in [9.17, 15) is 14.4 Å². The van der Waals surface area contributed by atoms with Crippen molar-refractivity contribution in [3.05, 3.63) is 34.5 Å². The number of halogens is 5. The first-order chi connectivity index (χ1) is 12.9. The van der Waals surface area contributed by atoms with Crippen molar-refractivity contribution in [2.24, 2.45) is 7.05 Å². The van der Waals surface area contributed by atoms with Gasteiger partial charge in [0.1, 0.15) is 5.69 Å². The van der Waals surface area contributed by atoms with Crippen molar-refractivity contribution in [3.63, 3.8) is 0 Å². The fraction of sp³-hybridized carbons (Fsp3) is 0.312. The summed E-state index contributed by atoms with van der Waals surface area (Å²) in [5.74, 6) is -2.58. The molecule has 0 spiro atoms. The maximum absolute atomic E-state index is 12.4. The Bertz CT molecular complexity index is 888. The predicted octanol–water partition coefficient (Wildman–Crippen LogP) is 5.51. The Morgan fingerprint density at radius 1 is 1.04 bits per heavy atom. The molecule has 6 nitrogen and oxygen atoms in total. The summed E-state index contributed by atoms with van der Waals surface area (Å²) in [5.41, 5.74) is 0.520. The summed E-state index contributed by atoms with van der Waals surface area (Å²) in [6, 6.07) is 4.79. The third kappa shape index (κ3) is 7.10. The number of ether oxygens (including phenoxy) is 2. The van der Waals surface area contributed by atoms with Crippen molar-refractivity contribution in [2.75, 3.05) is 13.2 Å². The SMILES string of the molecule is CCOC(=O)C(=O)c1c(C(=O)OCC)n(C)c2cc(Cl)ccc12.[Cl][Ti]([Cl])([Cl])[Cl]. The van der Waals surface area contributed by atoms with Crippen LogP contribution in [0.5, 0.6) is 0 Å². The zero-order valence-electron chi connectivity index (χ0n) is 15.0. The van der Waals surface area contributed by atoms with E-state index in [4.69, 9.17) is 58.3 Å². The van der Waals surface area contributed by atoms with Crippen LogP contribution >= 0.6 is 48.8 Å². The number of rotatable bonds is 5. The van der Waals surface area contributed by atoms with E-state index in [0.717, 1.165) is 0 Å². The summed E-state index contributed by atoms with van der Waals surface area (Å²) in [6.07, 6.45) is 0. The molecule has 0 saturated heterocycles. The van der Waals surface area contributed by atoms with E-state index in [0.29, 0.717) is 15.9 Å². The third-order valence-corrected chi connectivity index (χ3v) is 3.55. The molecule has 0 aliphatic rings. The molecule has 0 bridgehead atoms. The normalized spacial score (nSPS) is 10.9. The van der Waals surface area contributed by atoms with Gasteiger partial charge in [0, 0.05) is 17.5 Å². The number of aromatic nitrogens is 1. The van der Waals surface area contributed by atoms with Crippen LogP contribution in [0, 0.1) is 0 Å². The van der Waals surface area contributed by atoms with E-state index in [-0.39, 0.29) is 24.5 Å².